The summed E-state index contributed by atoms with van der Waals surface area (Å²) < 4.78 is 13.2. The number of imidazole rings is 1. The predicted molar refractivity (Wildman–Crippen MR) is 102 cm³/mol. The molecule has 27 heavy (non-hydrogen) atoms. The highest BCUT2D eigenvalue weighted by Crippen LogP contribution is 2.29. The molecule has 0 saturated heterocycles. The Labute approximate surface area is 157 Å². The number of benzene rings is 2. The van der Waals surface area contributed by atoms with Gasteiger partial charge in [-0.2, -0.15) is 0 Å². The first-order valence-electron chi connectivity index (χ1n) is 8.81. The molecule has 0 saturated carbocycles. The Bertz CT molecular complexity index is 946. The number of nitrogens with one attached hydrogen (secondary N) is 1. The average Bonchev–Trinajstić information content (AvgIpc) is 3.13. The number of anilines is 1. The van der Waals surface area contributed by atoms with Crippen LogP contribution in [0.25, 0.3) is 0 Å². The van der Waals surface area contributed by atoms with E-state index in [0.29, 0.717) is 18.8 Å². The lowest BCUT2D eigenvalue weighted by Gasteiger charge is -2.25. The molecule has 1 aliphatic heterocycles. The Morgan fingerprint density at radius 1 is 1.19 bits per heavy atom. The Morgan fingerprint density at radius 2 is 1.93 bits per heavy atom. The van der Waals surface area contributed by atoms with Gasteiger partial charge in [0.05, 0.1) is 32.3 Å². The summed E-state index contributed by atoms with van der Waals surface area (Å²) in [7, 11) is 1.65. The first-order valence-corrected chi connectivity index (χ1v) is 8.81. The topological polar surface area (TPSA) is 65.4 Å². The zero-order chi connectivity index (χ0) is 18.8. The molecule has 1 aliphatic rings. The first-order chi connectivity index (χ1) is 13.1. The van der Waals surface area contributed by atoms with Gasteiger partial charge in [-0.1, -0.05) is 29.8 Å². The number of rotatable bonds is 4. The summed E-state index contributed by atoms with van der Waals surface area (Å²) in [4.78, 5) is 16.9. The lowest BCUT2D eigenvalue weighted by molar-refractivity contribution is 0.00263. The standard InChI is InChI=1S/C21H21N3O3/c1-14-3-7-16(8-4-14)23-21(25)20-18-12-27-19(11-24(18)13-22-20)15-5-9-17(26-2)10-6-15/h3-10,13,19H,11-12H2,1-2H3,(H,23,25). The van der Waals surface area contributed by atoms with Gasteiger partial charge in [0.1, 0.15) is 11.9 Å². The van der Waals surface area contributed by atoms with Crippen LogP contribution >= 0.6 is 0 Å². The molecule has 1 amide bonds. The Kier molecular flexibility index (Phi) is 4.64. The lowest BCUT2D eigenvalue weighted by atomic mass is 10.1. The molecule has 4 rings (SSSR count). The number of nitrogens with zero attached hydrogens (tertiary/aromatic N) is 2. The van der Waals surface area contributed by atoms with Crippen LogP contribution in [0.2, 0.25) is 0 Å². The van der Waals surface area contributed by atoms with Crippen molar-refractivity contribution in [3.05, 3.63) is 77.4 Å². The van der Waals surface area contributed by atoms with Gasteiger partial charge < -0.3 is 19.4 Å². The number of hydrogen-bond donors (Lipinski definition) is 1. The van der Waals surface area contributed by atoms with Crippen molar-refractivity contribution in [2.75, 3.05) is 12.4 Å². The molecule has 6 nitrogen and oxygen atoms in total. The molecule has 0 radical (unpaired) electrons. The highest BCUT2D eigenvalue weighted by Gasteiger charge is 2.26. The molecule has 1 unspecified atom stereocenters. The van der Waals surface area contributed by atoms with Gasteiger partial charge >= 0.3 is 0 Å². The molecular weight excluding hydrogens is 342 g/mol. The third-order valence-corrected chi connectivity index (χ3v) is 4.74. The van der Waals surface area contributed by atoms with E-state index in [-0.39, 0.29) is 12.0 Å². The fourth-order valence-corrected chi connectivity index (χ4v) is 3.16. The summed E-state index contributed by atoms with van der Waals surface area (Å²) >= 11 is 0. The predicted octanol–water partition coefficient (Wildman–Crippen LogP) is 3.72. The zero-order valence-corrected chi connectivity index (χ0v) is 15.3. The number of aryl methyl sites for hydroxylation is 1. The van der Waals surface area contributed by atoms with E-state index in [9.17, 15) is 4.79 Å². The largest absolute Gasteiger partial charge is 0.497 e. The van der Waals surface area contributed by atoms with Crippen LogP contribution in [0, 0.1) is 6.92 Å². The second-order valence-electron chi connectivity index (χ2n) is 6.59. The van der Waals surface area contributed by atoms with Crippen LogP contribution in [-0.2, 0) is 17.9 Å². The molecule has 3 aromatic rings. The van der Waals surface area contributed by atoms with E-state index in [1.54, 1.807) is 13.4 Å². The van der Waals surface area contributed by atoms with Crippen molar-refractivity contribution >= 4 is 11.6 Å². The molecule has 0 aliphatic carbocycles. The molecule has 2 aromatic carbocycles. The van der Waals surface area contributed by atoms with Crippen LogP contribution in [-0.4, -0.2) is 22.6 Å². The molecule has 0 spiro atoms. The number of ether oxygens (including phenoxy) is 2. The first kappa shape index (κ1) is 17.3. The van der Waals surface area contributed by atoms with Gasteiger partial charge in [-0.05, 0) is 36.8 Å². The van der Waals surface area contributed by atoms with Crippen LogP contribution in [0.5, 0.6) is 5.75 Å². The van der Waals surface area contributed by atoms with Crippen LogP contribution in [0.1, 0.15) is 33.4 Å². The summed E-state index contributed by atoms with van der Waals surface area (Å²) in [6.45, 7) is 2.97. The van der Waals surface area contributed by atoms with Gasteiger partial charge in [-0.15, -0.1) is 0 Å². The van der Waals surface area contributed by atoms with E-state index in [2.05, 4.69) is 10.3 Å². The van der Waals surface area contributed by atoms with Crippen LogP contribution in [0.3, 0.4) is 0 Å². The van der Waals surface area contributed by atoms with Crippen molar-refractivity contribution in [3.63, 3.8) is 0 Å². The van der Waals surface area contributed by atoms with Gasteiger partial charge in [0, 0.05) is 5.69 Å². The minimum atomic E-state index is -0.223. The van der Waals surface area contributed by atoms with Crippen LogP contribution in [0.4, 0.5) is 5.69 Å². The normalized spacial score (nSPS) is 15.9. The van der Waals surface area contributed by atoms with Gasteiger partial charge in [-0.25, -0.2) is 4.98 Å². The monoisotopic (exact) mass is 363 g/mol. The van der Waals surface area contributed by atoms with Gasteiger partial charge in [0.2, 0.25) is 0 Å². The van der Waals surface area contributed by atoms with E-state index in [1.165, 1.54) is 0 Å². The van der Waals surface area contributed by atoms with Crippen molar-refractivity contribution in [1.29, 1.82) is 0 Å². The highest BCUT2D eigenvalue weighted by molar-refractivity contribution is 6.03. The average molecular weight is 363 g/mol. The molecule has 1 N–H and O–H groups in total. The summed E-state index contributed by atoms with van der Waals surface area (Å²) in [6, 6.07) is 15.5. The van der Waals surface area contributed by atoms with Crippen molar-refractivity contribution in [2.45, 2.75) is 26.2 Å². The molecule has 6 heteroatoms. The van der Waals surface area contributed by atoms with Crippen LogP contribution in [0.15, 0.2) is 54.9 Å². The lowest BCUT2D eigenvalue weighted by Crippen LogP contribution is -2.23. The fourth-order valence-electron chi connectivity index (χ4n) is 3.16. The van der Waals surface area contributed by atoms with Gasteiger partial charge in [-0.3, -0.25) is 4.79 Å². The van der Waals surface area contributed by atoms with Gasteiger partial charge in [0.15, 0.2) is 5.69 Å². The maximum absolute atomic E-state index is 12.6. The fraction of sp³-hybridized carbons (Fsp3) is 0.238. The Morgan fingerprint density at radius 3 is 2.63 bits per heavy atom. The minimum Gasteiger partial charge on any atom is -0.497 e. The molecule has 0 fully saturated rings. The number of carbonyl (C=O) groups excluding carboxylic acids is 1. The second-order valence-corrected chi connectivity index (χ2v) is 6.59. The quantitative estimate of drug-likeness (QED) is 0.767. The van der Waals surface area contributed by atoms with Crippen molar-refractivity contribution in [2.24, 2.45) is 0 Å². The van der Waals surface area contributed by atoms with Crippen molar-refractivity contribution < 1.29 is 14.3 Å². The number of amides is 1. The molecular formula is C21H21N3O3. The van der Waals surface area contributed by atoms with E-state index < -0.39 is 0 Å². The second kappa shape index (κ2) is 7.25. The Balaban J connectivity index is 1.49. The molecule has 0 bridgehead atoms. The molecule has 2 heterocycles. The number of methoxy groups -OCH3 is 1. The number of aromatic nitrogens is 2. The van der Waals surface area contributed by atoms with Crippen molar-refractivity contribution in [1.82, 2.24) is 9.55 Å². The maximum atomic E-state index is 12.6. The molecule has 1 atom stereocenters. The molecule has 1 aromatic heterocycles. The smallest absolute Gasteiger partial charge is 0.276 e. The summed E-state index contributed by atoms with van der Waals surface area (Å²) in [6.07, 6.45) is 1.63. The highest BCUT2D eigenvalue weighted by atomic mass is 16.5. The number of fused-ring (bicyclic) bond motifs is 1. The SMILES string of the molecule is COc1ccc(C2Cn3cnc(C(=O)Nc4ccc(C)cc4)c3CO2)cc1. The van der Waals surface area contributed by atoms with Gasteiger partial charge in [0.25, 0.3) is 5.91 Å². The number of carbonyl (C=O) groups is 1. The summed E-state index contributed by atoms with van der Waals surface area (Å²) in [5, 5.41) is 2.89. The summed E-state index contributed by atoms with van der Waals surface area (Å²) in [5.74, 6) is 0.590. The third kappa shape index (κ3) is 3.57. The zero-order valence-electron chi connectivity index (χ0n) is 15.3. The van der Waals surface area contributed by atoms with E-state index in [1.807, 2.05) is 60.0 Å². The maximum Gasteiger partial charge on any atom is 0.276 e. The molecule has 138 valence electrons. The van der Waals surface area contributed by atoms with E-state index in [4.69, 9.17) is 9.47 Å². The Hall–Kier alpha value is -3.12. The van der Waals surface area contributed by atoms with Crippen LogP contribution < -0.4 is 10.1 Å². The number of hydrogen-bond acceptors (Lipinski definition) is 4. The van der Waals surface area contributed by atoms with E-state index in [0.717, 1.165) is 28.3 Å². The summed E-state index contributed by atoms with van der Waals surface area (Å²) in [5.41, 5.74) is 4.17. The van der Waals surface area contributed by atoms with E-state index >= 15 is 0 Å². The minimum absolute atomic E-state index is 0.0781. The van der Waals surface area contributed by atoms with Crippen molar-refractivity contribution in [3.8, 4) is 5.75 Å². The third-order valence-electron chi connectivity index (χ3n) is 4.74.